The van der Waals surface area contributed by atoms with Gasteiger partial charge in [-0.1, -0.05) is 39.0 Å². The summed E-state index contributed by atoms with van der Waals surface area (Å²) in [6, 6.07) is 7.12. The van der Waals surface area contributed by atoms with Gasteiger partial charge in [0, 0.05) is 23.3 Å². The van der Waals surface area contributed by atoms with Gasteiger partial charge >= 0.3 is 0 Å². The fraction of sp³-hybridized carbons (Fsp3) is 0.571. The van der Waals surface area contributed by atoms with Crippen LogP contribution in [0.1, 0.15) is 46.1 Å². The molecule has 1 spiro atoms. The second kappa shape index (κ2) is 6.16. The normalized spacial score (nSPS) is 33.0. The molecular formula is C21H27N3O3. The van der Waals surface area contributed by atoms with Crippen molar-refractivity contribution in [3.63, 3.8) is 0 Å². The topological polar surface area (TPSA) is 78.5 Å². The molecule has 0 aromatic heterocycles. The molecule has 1 aromatic carbocycles. The standard InChI is InChI=1S/C21H27N3O3/c1-5-12(4)24-18(25)16-15(10-11(2)3)23-21(17(16)19(24)26)13-8-6-7-9-14(13)22-20(21)27/h6-9,11-12,15-17,23H,5,10H2,1-4H3,(H,22,27)/t12?,15?,16-,17+,21?/m0/s1. The number of likely N-dealkylation sites (tertiary alicyclic amines) is 1. The van der Waals surface area contributed by atoms with Gasteiger partial charge in [-0.2, -0.15) is 0 Å². The molecule has 6 nitrogen and oxygen atoms in total. The number of nitrogens with zero attached hydrogens (tertiary/aromatic N) is 1. The van der Waals surface area contributed by atoms with Crippen LogP contribution in [0, 0.1) is 17.8 Å². The lowest BCUT2D eigenvalue weighted by Gasteiger charge is -2.31. The lowest BCUT2D eigenvalue weighted by atomic mass is 9.76. The highest BCUT2D eigenvalue weighted by Gasteiger charge is 2.70. The van der Waals surface area contributed by atoms with Crippen molar-refractivity contribution < 1.29 is 14.4 Å². The maximum atomic E-state index is 13.4. The van der Waals surface area contributed by atoms with E-state index in [4.69, 9.17) is 0 Å². The second-order valence-electron chi connectivity index (χ2n) is 8.50. The summed E-state index contributed by atoms with van der Waals surface area (Å²) in [5.74, 6) is -1.41. The van der Waals surface area contributed by atoms with Crippen molar-refractivity contribution in [2.24, 2.45) is 17.8 Å². The minimum Gasteiger partial charge on any atom is -0.324 e. The summed E-state index contributed by atoms with van der Waals surface area (Å²) in [7, 11) is 0. The average molecular weight is 369 g/mol. The summed E-state index contributed by atoms with van der Waals surface area (Å²) < 4.78 is 0. The van der Waals surface area contributed by atoms with Crippen LogP contribution in [0.25, 0.3) is 0 Å². The molecule has 3 aliphatic heterocycles. The molecule has 5 atom stereocenters. The Morgan fingerprint density at radius 2 is 1.81 bits per heavy atom. The van der Waals surface area contributed by atoms with Gasteiger partial charge in [0.1, 0.15) is 5.54 Å². The molecule has 4 rings (SSSR count). The number of carbonyl (C=O) groups excluding carboxylic acids is 3. The SMILES string of the molecule is CCC(C)N1C(=O)[C@H]2C(CC(C)C)NC3(C(=O)Nc4ccccc43)[C@H]2C1=O. The van der Waals surface area contributed by atoms with Crippen LogP contribution in [0.5, 0.6) is 0 Å². The smallest absolute Gasteiger partial charge is 0.250 e. The van der Waals surface area contributed by atoms with Crippen LogP contribution in [-0.4, -0.2) is 34.7 Å². The van der Waals surface area contributed by atoms with E-state index in [1.165, 1.54) is 4.90 Å². The summed E-state index contributed by atoms with van der Waals surface area (Å²) in [6.45, 7) is 8.06. The second-order valence-corrected chi connectivity index (χ2v) is 8.50. The van der Waals surface area contributed by atoms with E-state index in [-0.39, 0.29) is 29.8 Å². The van der Waals surface area contributed by atoms with Gasteiger partial charge in [0.15, 0.2) is 0 Å². The van der Waals surface area contributed by atoms with Crippen LogP contribution in [0.4, 0.5) is 5.69 Å². The maximum absolute atomic E-state index is 13.4. The largest absolute Gasteiger partial charge is 0.324 e. The van der Waals surface area contributed by atoms with Gasteiger partial charge in [-0.05, 0) is 31.7 Å². The van der Waals surface area contributed by atoms with E-state index in [9.17, 15) is 14.4 Å². The fourth-order valence-corrected chi connectivity index (χ4v) is 5.11. The van der Waals surface area contributed by atoms with E-state index in [0.29, 0.717) is 12.3 Å². The van der Waals surface area contributed by atoms with Crippen molar-refractivity contribution in [3.8, 4) is 0 Å². The number of hydrogen-bond donors (Lipinski definition) is 2. The van der Waals surface area contributed by atoms with Crippen LogP contribution in [0.2, 0.25) is 0 Å². The number of nitrogens with one attached hydrogen (secondary N) is 2. The Bertz CT molecular complexity index is 821. The summed E-state index contributed by atoms with van der Waals surface area (Å²) in [5, 5.41) is 6.39. The summed E-state index contributed by atoms with van der Waals surface area (Å²) in [6.07, 6.45) is 1.45. The molecule has 0 aliphatic carbocycles. The van der Waals surface area contributed by atoms with E-state index in [1.54, 1.807) is 0 Å². The monoisotopic (exact) mass is 369 g/mol. The zero-order chi connectivity index (χ0) is 19.5. The summed E-state index contributed by atoms with van der Waals surface area (Å²) in [5.41, 5.74) is 0.347. The third-order valence-electron chi connectivity index (χ3n) is 6.41. The molecule has 3 amide bonds. The average Bonchev–Trinajstić information content (AvgIpc) is 3.19. The van der Waals surface area contributed by atoms with Gasteiger partial charge < -0.3 is 5.32 Å². The maximum Gasteiger partial charge on any atom is 0.250 e. The van der Waals surface area contributed by atoms with Crippen molar-refractivity contribution in [1.29, 1.82) is 0 Å². The zero-order valence-corrected chi connectivity index (χ0v) is 16.3. The predicted molar refractivity (Wildman–Crippen MR) is 102 cm³/mol. The molecule has 3 unspecified atom stereocenters. The Morgan fingerprint density at radius 1 is 1.11 bits per heavy atom. The van der Waals surface area contributed by atoms with Crippen molar-refractivity contribution in [3.05, 3.63) is 29.8 Å². The van der Waals surface area contributed by atoms with Crippen LogP contribution in [0.15, 0.2) is 24.3 Å². The lowest BCUT2D eigenvalue weighted by Crippen LogP contribution is -2.54. The number of rotatable bonds is 4. The third kappa shape index (κ3) is 2.32. The predicted octanol–water partition coefficient (Wildman–Crippen LogP) is 2.25. The number of imide groups is 1. The number of carbonyl (C=O) groups is 3. The van der Waals surface area contributed by atoms with Crippen molar-refractivity contribution in [2.75, 3.05) is 5.32 Å². The van der Waals surface area contributed by atoms with Gasteiger partial charge in [-0.15, -0.1) is 0 Å². The summed E-state index contributed by atoms with van der Waals surface area (Å²) >= 11 is 0. The van der Waals surface area contributed by atoms with Gasteiger partial charge in [0.2, 0.25) is 17.7 Å². The van der Waals surface area contributed by atoms with Crippen LogP contribution >= 0.6 is 0 Å². The first-order valence-electron chi connectivity index (χ1n) is 9.88. The molecule has 144 valence electrons. The highest BCUT2D eigenvalue weighted by atomic mass is 16.2. The molecule has 3 aliphatic rings. The molecule has 2 N–H and O–H groups in total. The molecule has 2 fully saturated rings. The van der Waals surface area contributed by atoms with Crippen LogP contribution < -0.4 is 10.6 Å². The Kier molecular flexibility index (Phi) is 4.14. The molecule has 0 bridgehead atoms. The number of anilines is 1. The fourth-order valence-electron chi connectivity index (χ4n) is 5.11. The van der Waals surface area contributed by atoms with Crippen LogP contribution in [-0.2, 0) is 19.9 Å². The van der Waals surface area contributed by atoms with Crippen molar-refractivity contribution >= 4 is 23.4 Å². The van der Waals surface area contributed by atoms with E-state index < -0.39 is 17.4 Å². The highest BCUT2D eigenvalue weighted by Crippen LogP contribution is 2.53. The quantitative estimate of drug-likeness (QED) is 0.798. The zero-order valence-electron chi connectivity index (χ0n) is 16.3. The Hall–Kier alpha value is -2.21. The number of hydrogen-bond acceptors (Lipinski definition) is 4. The minimum atomic E-state index is -1.16. The van der Waals surface area contributed by atoms with Gasteiger partial charge in [-0.25, -0.2) is 0 Å². The Morgan fingerprint density at radius 3 is 2.48 bits per heavy atom. The Labute approximate surface area is 159 Å². The Balaban J connectivity index is 1.87. The molecule has 0 saturated carbocycles. The van der Waals surface area contributed by atoms with E-state index in [2.05, 4.69) is 24.5 Å². The molecule has 27 heavy (non-hydrogen) atoms. The van der Waals surface area contributed by atoms with Gasteiger partial charge in [0.25, 0.3) is 0 Å². The van der Waals surface area contributed by atoms with Crippen molar-refractivity contribution in [1.82, 2.24) is 10.2 Å². The first-order valence-corrected chi connectivity index (χ1v) is 9.88. The lowest BCUT2D eigenvalue weighted by molar-refractivity contribution is -0.145. The highest BCUT2D eigenvalue weighted by molar-refractivity contribution is 6.15. The number of amides is 3. The molecule has 3 heterocycles. The third-order valence-corrected chi connectivity index (χ3v) is 6.41. The van der Waals surface area contributed by atoms with Crippen molar-refractivity contribution in [2.45, 2.75) is 58.2 Å². The van der Waals surface area contributed by atoms with Crippen LogP contribution in [0.3, 0.4) is 0 Å². The van der Waals surface area contributed by atoms with Gasteiger partial charge in [0.05, 0.1) is 11.8 Å². The first-order chi connectivity index (χ1) is 12.8. The van der Waals surface area contributed by atoms with Gasteiger partial charge in [-0.3, -0.25) is 24.6 Å². The molecule has 1 aromatic rings. The molecule has 0 radical (unpaired) electrons. The minimum absolute atomic E-state index is 0.133. The van der Waals surface area contributed by atoms with E-state index >= 15 is 0 Å². The number of fused-ring (bicyclic) bond motifs is 4. The first kappa shape index (κ1) is 18.2. The molecule has 6 heteroatoms. The molecular weight excluding hydrogens is 342 g/mol. The molecule has 2 saturated heterocycles. The summed E-state index contributed by atoms with van der Waals surface area (Å²) in [4.78, 5) is 41.3. The number of benzene rings is 1. The number of para-hydroxylation sites is 1. The van der Waals surface area contributed by atoms with E-state index in [1.807, 2.05) is 38.1 Å². The van der Waals surface area contributed by atoms with E-state index in [0.717, 1.165) is 17.7 Å².